The number of carbonyl (C=O) groups excluding carboxylic acids is 2. The number of ether oxygens (including phenoxy) is 1. The normalized spacial score (nSPS) is 16.6. The van der Waals surface area contributed by atoms with Gasteiger partial charge in [0.2, 0.25) is 0 Å². The first-order chi connectivity index (χ1) is 8.66. The highest BCUT2D eigenvalue weighted by atomic mass is 16.5. The minimum atomic E-state index is -0.383. The van der Waals surface area contributed by atoms with Crippen molar-refractivity contribution in [3.63, 3.8) is 0 Å². The lowest BCUT2D eigenvalue weighted by molar-refractivity contribution is -0.115. The van der Waals surface area contributed by atoms with E-state index in [1.54, 1.807) is 6.92 Å². The van der Waals surface area contributed by atoms with E-state index in [1.165, 1.54) is 18.2 Å². The molecule has 3 nitrogen and oxygen atoms in total. The first kappa shape index (κ1) is 12.5. The van der Waals surface area contributed by atoms with Crippen molar-refractivity contribution in [2.75, 3.05) is 0 Å². The van der Waals surface area contributed by atoms with Gasteiger partial charge in [0.15, 0.2) is 11.6 Å². The summed E-state index contributed by atoms with van der Waals surface area (Å²) in [5.74, 6) is -0.324. The first-order valence-corrected chi connectivity index (χ1v) is 5.80. The third-order valence-electron chi connectivity index (χ3n) is 2.76. The van der Waals surface area contributed by atoms with Gasteiger partial charge in [-0.05, 0) is 30.7 Å². The molecule has 0 amide bonds. The van der Waals surface area contributed by atoms with Crippen molar-refractivity contribution in [3.8, 4) is 0 Å². The number of allylic oxidation sites excluding steroid dienone is 3. The van der Waals surface area contributed by atoms with Gasteiger partial charge < -0.3 is 4.74 Å². The van der Waals surface area contributed by atoms with E-state index >= 15 is 0 Å². The largest absolute Gasteiger partial charge is 0.369 e. The van der Waals surface area contributed by atoms with Crippen LogP contribution in [0.1, 0.15) is 12.5 Å². The summed E-state index contributed by atoms with van der Waals surface area (Å²) in [6.45, 7) is 2.20. The van der Waals surface area contributed by atoms with Crippen LogP contribution in [-0.2, 0) is 20.9 Å². The molecule has 1 unspecified atom stereocenters. The van der Waals surface area contributed by atoms with Gasteiger partial charge in [0, 0.05) is 5.57 Å². The van der Waals surface area contributed by atoms with Gasteiger partial charge in [0.25, 0.3) is 0 Å². The van der Waals surface area contributed by atoms with Crippen LogP contribution in [0.15, 0.2) is 54.1 Å². The number of hydrogen-bond donors (Lipinski definition) is 0. The molecule has 0 saturated carbocycles. The Balaban J connectivity index is 1.98. The third-order valence-corrected chi connectivity index (χ3v) is 2.76. The lowest BCUT2D eigenvalue weighted by Crippen LogP contribution is -2.20. The fourth-order valence-electron chi connectivity index (χ4n) is 1.73. The van der Waals surface area contributed by atoms with Gasteiger partial charge in [-0.1, -0.05) is 30.3 Å². The molecule has 1 aliphatic carbocycles. The number of ketones is 2. The van der Waals surface area contributed by atoms with Crippen LogP contribution in [0, 0.1) is 0 Å². The molecule has 1 aromatic carbocycles. The van der Waals surface area contributed by atoms with Gasteiger partial charge in [-0.15, -0.1) is 0 Å². The van der Waals surface area contributed by atoms with E-state index in [0.29, 0.717) is 12.2 Å². The van der Waals surface area contributed by atoms with E-state index in [0.717, 1.165) is 5.56 Å². The molecule has 0 N–H and O–H groups in total. The van der Waals surface area contributed by atoms with Crippen molar-refractivity contribution in [3.05, 3.63) is 59.7 Å². The summed E-state index contributed by atoms with van der Waals surface area (Å²) < 4.78 is 5.61. The smallest absolute Gasteiger partial charge is 0.184 e. The Morgan fingerprint density at radius 1 is 1.11 bits per heavy atom. The lowest BCUT2D eigenvalue weighted by atomic mass is 9.99. The highest BCUT2D eigenvalue weighted by Gasteiger charge is 2.19. The maximum atomic E-state index is 11.6. The van der Waals surface area contributed by atoms with E-state index in [-0.39, 0.29) is 17.7 Å². The molecule has 0 radical (unpaired) electrons. The molecule has 0 saturated heterocycles. The summed E-state index contributed by atoms with van der Waals surface area (Å²) in [7, 11) is 0. The summed E-state index contributed by atoms with van der Waals surface area (Å²) in [4.78, 5) is 22.8. The number of rotatable bonds is 4. The average Bonchev–Trinajstić information content (AvgIpc) is 2.40. The summed E-state index contributed by atoms with van der Waals surface area (Å²) in [6.07, 6.45) is 3.53. The minimum absolute atomic E-state index is 0.157. The van der Waals surface area contributed by atoms with Crippen LogP contribution in [0.3, 0.4) is 0 Å². The van der Waals surface area contributed by atoms with Gasteiger partial charge in [0.1, 0.15) is 0 Å². The second-order valence-corrected chi connectivity index (χ2v) is 4.14. The fourth-order valence-corrected chi connectivity index (χ4v) is 1.73. The minimum Gasteiger partial charge on any atom is -0.369 e. The molecule has 1 atom stereocenters. The van der Waals surface area contributed by atoms with Crippen LogP contribution in [0.2, 0.25) is 0 Å². The molecule has 3 heteroatoms. The SMILES string of the molecule is CC(OCc1ccccc1)C1=CC(=O)C=CC1=O. The van der Waals surface area contributed by atoms with Crippen molar-refractivity contribution in [1.29, 1.82) is 0 Å². The Bertz CT molecular complexity index is 512. The maximum Gasteiger partial charge on any atom is 0.184 e. The molecule has 0 bridgehead atoms. The van der Waals surface area contributed by atoms with E-state index in [9.17, 15) is 9.59 Å². The molecular weight excluding hydrogens is 228 g/mol. The second-order valence-electron chi connectivity index (χ2n) is 4.14. The summed E-state index contributed by atoms with van der Waals surface area (Å²) in [6, 6.07) is 9.70. The van der Waals surface area contributed by atoms with E-state index < -0.39 is 0 Å². The molecule has 2 rings (SSSR count). The summed E-state index contributed by atoms with van der Waals surface area (Å²) in [5.41, 5.74) is 1.45. The second kappa shape index (κ2) is 5.56. The Kier molecular flexibility index (Phi) is 3.85. The Morgan fingerprint density at radius 3 is 2.56 bits per heavy atom. The molecule has 0 spiro atoms. The van der Waals surface area contributed by atoms with Crippen molar-refractivity contribution in [2.24, 2.45) is 0 Å². The predicted molar refractivity (Wildman–Crippen MR) is 67.9 cm³/mol. The van der Waals surface area contributed by atoms with Crippen LogP contribution >= 0.6 is 0 Å². The lowest BCUT2D eigenvalue weighted by Gasteiger charge is -2.16. The van der Waals surface area contributed by atoms with E-state index in [4.69, 9.17) is 4.74 Å². The molecule has 0 aliphatic heterocycles. The van der Waals surface area contributed by atoms with Crippen LogP contribution in [-0.4, -0.2) is 17.7 Å². The Hall–Kier alpha value is -2.00. The molecule has 92 valence electrons. The van der Waals surface area contributed by atoms with Crippen molar-refractivity contribution < 1.29 is 14.3 Å². The van der Waals surface area contributed by atoms with Gasteiger partial charge in [-0.25, -0.2) is 0 Å². The van der Waals surface area contributed by atoms with Gasteiger partial charge in [0.05, 0.1) is 12.7 Å². The van der Waals surface area contributed by atoms with Crippen LogP contribution < -0.4 is 0 Å². The number of hydrogen-bond acceptors (Lipinski definition) is 3. The first-order valence-electron chi connectivity index (χ1n) is 5.80. The van der Waals surface area contributed by atoms with Crippen molar-refractivity contribution >= 4 is 11.6 Å². The molecule has 1 aliphatic rings. The predicted octanol–water partition coefficient (Wildman–Crippen LogP) is 2.23. The maximum absolute atomic E-state index is 11.6. The van der Waals surface area contributed by atoms with Crippen LogP contribution in [0.5, 0.6) is 0 Å². The topological polar surface area (TPSA) is 43.4 Å². The fraction of sp³-hybridized carbons (Fsp3) is 0.200. The number of benzene rings is 1. The van der Waals surface area contributed by atoms with Gasteiger partial charge in [-0.3, -0.25) is 9.59 Å². The number of carbonyl (C=O) groups is 2. The standard InChI is InChI=1S/C15H14O3/c1-11(14-9-13(16)7-8-15(14)17)18-10-12-5-3-2-4-6-12/h2-9,11H,10H2,1H3. The highest BCUT2D eigenvalue weighted by molar-refractivity contribution is 6.17. The Morgan fingerprint density at radius 2 is 1.83 bits per heavy atom. The summed E-state index contributed by atoms with van der Waals surface area (Å²) in [5, 5.41) is 0. The zero-order chi connectivity index (χ0) is 13.0. The monoisotopic (exact) mass is 242 g/mol. The van der Waals surface area contributed by atoms with Crippen molar-refractivity contribution in [1.82, 2.24) is 0 Å². The zero-order valence-electron chi connectivity index (χ0n) is 10.1. The van der Waals surface area contributed by atoms with Gasteiger partial charge >= 0.3 is 0 Å². The van der Waals surface area contributed by atoms with Crippen molar-refractivity contribution in [2.45, 2.75) is 19.6 Å². The van der Waals surface area contributed by atoms with Crippen LogP contribution in [0.25, 0.3) is 0 Å². The van der Waals surface area contributed by atoms with Gasteiger partial charge in [-0.2, -0.15) is 0 Å². The molecule has 18 heavy (non-hydrogen) atoms. The molecular formula is C15H14O3. The van der Waals surface area contributed by atoms with E-state index in [1.807, 2.05) is 30.3 Å². The molecule has 1 aromatic rings. The molecule has 0 aromatic heterocycles. The molecule has 0 fully saturated rings. The Labute approximate surface area is 106 Å². The van der Waals surface area contributed by atoms with E-state index in [2.05, 4.69) is 0 Å². The summed E-state index contributed by atoms with van der Waals surface area (Å²) >= 11 is 0. The van der Waals surface area contributed by atoms with Crippen LogP contribution in [0.4, 0.5) is 0 Å². The third kappa shape index (κ3) is 3.02. The zero-order valence-corrected chi connectivity index (χ0v) is 10.1. The highest BCUT2D eigenvalue weighted by Crippen LogP contribution is 2.14. The molecule has 0 heterocycles. The average molecular weight is 242 g/mol. The quantitative estimate of drug-likeness (QED) is 0.760.